The summed E-state index contributed by atoms with van der Waals surface area (Å²) in [6.45, 7) is 0. The van der Waals surface area contributed by atoms with Crippen LogP contribution in [0.15, 0.2) is 21.1 Å². The zero-order chi connectivity index (χ0) is 15.6. The van der Waals surface area contributed by atoms with Crippen LogP contribution in [-0.4, -0.2) is 37.4 Å². The summed E-state index contributed by atoms with van der Waals surface area (Å²) >= 11 is 6.52. The standard InChI is InChI=1S/C10H12Br2O6S2/c11-9-6-8(2-4-20(16,17)18)10(12)5-7(9)1-3-19(13,14)15/h5-6H,1-4H2,(H,13,14,15)(H,16,17,18). The average Bonchev–Trinajstić information content (AvgIpc) is 2.25. The molecule has 0 aliphatic carbocycles. The van der Waals surface area contributed by atoms with Crippen molar-refractivity contribution >= 4 is 52.1 Å². The van der Waals surface area contributed by atoms with Crippen molar-refractivity contribution in [1.29, 1.82) is 0 Å². The van der Waals surface area contributed by atoms with Gasteiger partial charge in [0.1, 0.15) is 0 Å². The van der Waals surface area contributed by atoms with Crippen LogP contribution >= 0.6 is 31.9 Å². The Bertz CT molecular complexity index is 635. The smallest absolute Gasteiger partial charge is 0.265 e. The van der Waals surface area contributed by atoms with Gasteiger partial charge >= 0.3 is 0 Å². The van der Waals surface area contributed by atoms with Gasteiger partial charge in [0, 0.05) is 8.95 Å². The number of hydrogen-bond donors (Lipinski definition) is 2. The third-order valence-corrected chi connectivity index (χ3v) is 5.39. The van der Waals surface area contributed by atoms with Gasteiger partial charge in [-0.15, -0.1) is 0 Å². The van der Waals surface area contributed by atoms with E-state index in [1.54, 1.807) is 12.1 Å². The van der Waals surface area contributed by atoms with Crippen LogP contribution in [0.1, 0.15) is 11.1 Å². The first-order valence-corrected chi connectivity index (χ1v) is 10.2. The van der Waals surface area contributed by atoms with E-state index in [2.05, 4.69) is 31.9 Å². The van der Waals surface area contributed by atoms with Crippen molar-refractivity contribution in [1.82, 2.24) is 0 Å². The van der Waals surface area contributed by atoms with Crippen molar-refractivity contribution in [2.75, 3.05) is 11.5 Å². The van der Waals surface area contributed by atoms with Crippen molar-refractivity contribution in [2.24, 2.45) is 0 Å². The highest BCUT2D eigenvalue weighted by molar-refractivity contribution is 9.11. The molecule has 0 spiro atoms. The number of hydrogen-bond acceptors (Lipinski definition) is 4. The van der Waals surface area contributed by atoms with Crippen molar-refractivity contribution < 1.29 is 25.9 Å². The predicted octanol–water partition coefficient (Wildman–Crippen LogP) is 2.07. The highest BCUT2D eigenvalue weighted by atomic mass is 79.9. The van der Waals surface area contributed by atoms with Gasteiger partial charge in [-0.25, -0.2) is 0 Å². The summed E-state index contributed by atoms with van der Waals surface area (Å²) < 4.78 is 61.5. The fourth-order valence-corrected chi connectivity index (χ4v) is 3.62. The molecule has 0 aromatic heterocycles. The molecule has 0 fully saturated rings. The fraction of sp³-hybridized carbons (Fsp3) is 0.400. The number of halogens is 2. The normalized spacial score (nSPS) is 12.6. The first-order chi connectivity index (χ1) is 8.98. The summed E-state index contributed by atoms with van der Waals surface area (Å²) in [7, 11) is -8.08. The van der Waals surface area contributed by atoms with Crippen molar-refractivity contribution in [3.8, 4) is 0 Å². The molecule has 0 bridgehead atoms. The van der Waals surface area contributed by atoms with Crippen molar-refractivity contribution in [3.05, 3.63) is 32.2 Å². The van der Waals surface area contributed by atoms with Crippen LogP contribution in [0, 0.1) is 0 Å². The van der Waals surface area contributed by atoms with Gasteiger partial charge in [0.05, 0.1) is 11.5 Å². The minimum atomic E-state index is -4.04. The van der Waals surface area contributed by atoms with E-state index in [1.165, 1.54) is 0 Å². The summed E-state index contributed by atoms with van der Waals surface area (Å²) in [5, 5.41) is 0. The Morgan fingerprint density at radius 1 is 0.800 bits per heavy atom. The fourth-order valence-electron chi connectivity index (χ4n) is 1.49. The third kappa shape index (κ3) is 6.64. The number of rotatable bonds is 6. The first kappa shape index (κ1) is 18.1. The molecule has 0 atom stereocenters. The Labute approximate surface area is 134 Å². The van der Waals surface area contributed by atoms with Crippen LogP contribution < -0.4 is 0 Å². The van der Waals surface area contributed by atoms with Crippen molar-refractivity contribution in [2.45, 2.75) is 12.8 Å². The topological polar surface area (TPSA) is 109 Å². The molecule has 1 aromatic rings. The van der Waals surface area contributed by atoms with Crippen LogP contribution in [0.25, 0.3) is 0 Å². The highest BCUT2D eigenvalue weighted by Gasteiger charge is 2.12. The molecule has 114 valence electrons. The molecule has 2 N–H and O–H groups in total. The SMILES string of the molecule is O=S(=O)(O)CCc1cc(Br)c(CCS(=O)(=O)O)cc1Br. The van der Waals surface area contributed by atoms with Gasteiger partial charge in [-0.2, -0.15) is 16.8 Å². The molecule has 0 aliphatic rings. The van der Waals surface area contributed by atoms with Gasteiger partial charge in [0.2, 0.25) is 0 Å². The van der Waals surface area contributed by atoms with Crippen LogP contribution in [-0.2, 0) is 33.1 Å². The molecule has 1 aromatic carbocycles. The monoisotopic (exact) mass is 450 g/mol. The van der Waals surface area contributed by atoms with E-state index in [-0.39, 0.29) is 12.8 Å². The molecule has 10 heteroatoms. The highest BCUT2D eigenvalue weighted by Crippen LogP contribution is 2.27. The zero-order valence-electron chi connectivity index (χ0n) is 10.1. The Morgan fingerprint density at radius 2 is 1.10 bits per heavy atom. The summed E-state index contributed by atoms with van der Waals surface area (Å²) in [4.78, 5) is 0. The largest absolute Gasteiger partial charge is 0.286 e. The zero-order valence-corrected chi connectivity index (χ0v) is 14.9. The van der Waals surface area contributed by atoms with Crippen LogP contribution in [0.2, 0.25) is 0 Å². The molecule has 0 saturated heterocycles. The maximum absolute atomic E-state index is 10.7. The molecule has 0 saturated carbocycles. The van der Waals surface area contributed by atoms with Gasteiger partial charge in [0.15, 0.2) is 0 Å². The van der Waals surface area contributed by atoms with Crippen LogP contribution in [0.5, 0.6) is 0 Å². The van der Waals surface area contributed by atoms with Gasteiger partial charge < -0.3 is 0 Å². The van der Waals surface area contributed by atoms with Crippen molar-refractivity contribution in [3.63, 3.8) is 0 Å². The maximum Gasteiger partial charge on any atom is 0.265 e. The lowest BCUT2D eigenvalue weighted by Crippen LogP contribution is -2.09. The van der Waals surface area contributed by atoms with Gasteiger partial charge in [-0.05, 0) is 36.1 Å². The predicted molar refractivity (Wildman–Crippen MR) is 82.1 cm³/mol. The van der Waals surface area contributed by atoms with E-state index in [0.29, 0.717) is 20.1 Å². The average molecular weight is 452 g/mol. The van der Waals surface area contributed by atoms with Gasteiger partial charge in [0.25, 0.3) is 20.2 Å². The summed E-state index contributed by atoms with van der Waals surface area (Å²) in [6.07, 6.45) is 0.243. The maximum atomic E-state index is 10.7. The summed E-state index contributed by atoms with van der Waals surface area (Å²) in [5.41, 5.74) is 1.32. The van der Waals surface area contributed by atoms with E-state index < -0.39 is 31.7 Å². The van der Waals surface area contributed by atoms with Gasteiger partial charge in [-0.1, -0.05) is 31.9 Å². The lowest BCUT2D eigenvalue weighted by Gasteiger charge is -2.09. The van der Waals surface area contributed by atoms with Crippen LogP contribution in [0.3, 0.4) is 0 Å². The molecule has 6 nitrogen and oxygen atoms in total. The number of aryl methyl sites for hydroxylation is 2. The summed E-state index contributed by atoms with van der Waals surface area (Å²) in [5.74, 6) is -0.801. The molecular weight excluding hydrogens is 440 g/mol. The molecule has 1 rings (SSSR count). The summed E-state index contributed by atoms with van der Waals surface area (Å²) in [6, 6.07) is 3.29. The van der Waals surface area contributed by atoms with Gasteiger partial charge in [-0.3, -0.25) is 9.11 Å². The van der Waals surface area contributed by atoms with Crippen LogP contribution in [0.4, 0.5) is 0 Å². The molecule has 0 amide bonds. The Kier molecular flexibility index (Phi) is 6.17. The quantitative estimate of drug-likeness (QED) is 0.640. The van der Waals surface area contributed by atoms with E-state index in [0.717, 1.165) is 0 Å². The van der Waals surface area contributed by atoms with E-state index in [4.69, 9.17) is 9.11 Å². The second-order valence-electron chi connectivity index (χ2n) is 4.11. The second-order valence-corrected chi connectivity index (χ2v) is 8.96. The Hall–Kier alpha value is -0.000000000000000222. The Balaban J connectivity index is 2.91. The molecular formula is C10H12Br2O6S2. The lowest BCUT2D eigenvalue weighted by atomic mass is 10.1. The van der Waals surface area contributed by atoms with E-state index >= 15 is 0 Å². The molecule has 20 heavy (non-hydrogen) atoms. The molecule has 0 aliphatic heterocycles. The second kappa shape index (κ2) is 6.84. The van der Waals surface area contributed by atoms with E-state index in [1.807, 2.05) is 0 Å². The minimum Gasteiger partial charge on any atom is -0.286 e. The molecule has 0 radical (unpaired) electrons. The lowest BCUT2D eigenvalue weighted by molar-refractivity contribution is 0.480. The third-order valence-electron chi connectivity index (χ3n) is 2.47. The van der Waals surface area contributed by atoms with E-state index in [9.17, 15) is 16.8 Å². The Morgan fingerprint density at radius 3 is 1.35 bits per heavy atom. The minimum absolute atomic E-state index is 0.122. The molecule has 0 heterocycles. The first-order valence-electron chi connectivity index (χ1n) is 5.35. The molecule has 0 unspecified atom stereocenters. The number of benzene rings is 1.